The van der Waals surface area contributed by atoms with Gasteiger partial charge in [-0.2, -0.15) is 0 Å². The number of unbranched alkanes of at least 4 members (excludes halogenated alkanes) is 2. The van der Waals surface area contributed by atoms with Crippen LogP contribution in [0.1, 0.15) is 95.8 Å². The van der Waals surface area contributed by atoms with E-state index in [0.29, 0.717) is 58.7 Å². The van der Waals surface area contributed by atoms with E-state index in [4.69, 9.17) is 85.3 Å². The molecule has 0 aromatic heterocycles. The topological polar surface area (TPSA) is 487 Å². The molecule has 0 radical (unpaired) electrons. The molecule has 0 spiro atoms. The molecule has 5 N–H and O–H groups in total. The van der Waals surface area contributed by atoms with E-state index in [9.17, 15) is 63.5 Å². The van der Waals surface area contributed by atoms with E-state index in [0.717, 1.165) is 45.7 Å². The van der Waals surface area contributed by atoms with Gasteiger partial charge in [0.1, 0.15) is 69.8 Å². The fraction of sp³-hybridized carbons (Fsp3) is 0.351. The van der Waals surface area contributed by atoms with Crippen molar-refractivity contribution < 1.29 is 153 Å². The molecular formula is C94H102N8O33. The molecule has 6 aromatic carbocycles. The van der Waals surface area contributed by atoms with Crippen LogP contribution in [-0.4, -0.2) is 233 Å². The van der Waals surface area contributed by atoms with Gasteiger partial charge in [-0.15, -0.1) is 0 Å². The van der Waals surface area contributed by atoms with E-state index in [1.807, 2.05) is 0 Å². The van der Waals surface area contributed by atoms with Gasteiger partial charge in [-0.1, -0.05) is 120 Å². The van der Waals surface area contributed by atoms with E-state index in [-0.39, 0.29) is 96.3 Å². The van der Waals surface area contributed by atoms with Crippen LogP contribution in [0.3, 0.4) is 0 Å². The fourth-order valence-corrected chi connectivity index (χ4v) is 14.8. The highest BCUT2D eigenvalue weighted by Crippen LogP contribution is 2.47. The number of amides is 7. The van der Waals surface area contributed by atoms with E-state index in [1.165, 1.54) is 87.6 Å². The number of ether oxygens (including phenoxy) is 18. The predicted molar refractivity (Wildman–Crippen MR) is 478 cm³/mol. The first-order valence-corrected chi connectivity index (χ1v) is 42.3. The lowest BCUT2D eigenvalue weighted by Crippen LogP contribution is -2.64. The number of hydrogen-bond acceptors (Lipinski definition) is 33. The maximum atomic E-state index is 15.1. The number of carbonyl (C=O) groups is 11. The molecule has 6 aromatic rings. The lowest BCUT2D eigenvalue weighted by atomic mass is 9.98. The first-order valence-electron chi connectivity index (χ1n) is 42.3. The number of methoxy groups -OCH3 is 4. The number of carbonyl (C=O) groups excluding carboxylic acids is 11. The summed E-state index contributed by atoms with van der Waals surface area (Å²) < 4.78 is 101. The molecule has 5 aliphatic rings. The molecular weight excluding hydrogens is 1770 g/mol. The summed E-state index contributed by atoms with van der Waals surface area (Å²) >= 11 is 0. The molecule has 7 amide bonds. The third-order valence-electron chi connectivity index (χ3n) is 21.5. The lowest BCUT2D eigenvalue weighted by Gasteiger charge is -2.42. The number of nitro benzene ring substituents is 1. The molecule has 5 aliphatic heterocycles. The number of aliphatic hydroxyl groups is 2. The van der Waals surface area contributed by atoms with Crippen molar-refractivity contribution in [3.8, 4) is 40.2 Å². The highest BCUT2D eigenvalue weighted by atomic mass is 16.8. The number of fused-ring (bicyclic) bond motifs is 4. The normalized spacial score (nSPS) is 18.8. The number of anilines is 3. The Balaban J connectivity index is 0.809. The van der Waals surface area contributed by atoms with Gasteiger partial charge in [0.15, 0.2) is 59.5 Å². The molecule has 11 rings (SSSR count). The van der Waals surface area contributed by atoms with Crippen molar-refractivity contribution in [2.45, 2.75) is 133 Å². The highest BCUT2D eigenvalue weighted by Gasteiger charge is 2.58. The van der Waals surface area contributed by atoms with Gasteiger partial charge in [0.2, 0.25) is 24.2 Å². The predicted octanol–water partition coefficient (Wildman–Crippen LogP) is 12.1. The largest absolute Gasteiger partial charge is 0.509 e. The van der Waals surface area contributed by atoms with Crippen molar-refractivity contribution in [1.29, 1.82) is 0 Å². The zero-order valence-electron chi connectivity index (χ0n) is 74.7. The summed E-state index contributed by atoms with van der Waals surface area (Å²) in [6.07, 6.45) is -12.0. The number of aliphatic hydroxyl groups excluding tert-OH is 2. The number of nitrogens with zero attached hydrogens (tertiary/aromatic N) is 5. The average molecular weight is 1870 g/mol. The summed E-state index contributed by atoms with van der Waals surface area (Å²) in [4.78, 5) is 169. The van der Waals surface area contributed by atoms with Crippen LogP contribution in [0.4, 0.5) is 51.5 Å². The van der Waals surface area contributed by atoms with Gasteiger partial charge in [0.25, 0.3) is 11.8 Å². The van der Waals surface area contributed by atoms with E-state index in [2.05, 4.69) is 48.8 Å². The zero-order chi connectivity index (χ0) is 97.3. The van der Waals surface area contributed by atoms with Gasteiger partial charge < -0.3 is 121 Å². The van der Waals surface area contributed by atoms with Crippen molar-refractivity contribution in [1.82, 2.24) is 20.4 Å². The summed E-state index contributed by atoms with van der Waals surface area (Å²) in [5.74, 6) is -3.60. The number of nitro groups is 1. The second kappa shape index (κ2) is 46.9. The Hall–Kier alpha value is -15.7. The Morgan fingerprint density at radius 1 is 0.511 bits per heavy atom. The number of esters is 1. The number of alkyl carbamates (subject to hydrolysis) is 1. The average Bonchev–Trinajstić information content (AvgIpc) is 1.63. The summed E-state index contributed by atoms with van der Waals surface area (Å²) in [5.41, 5.74) is 1.84. The van der Waals surface area contributed by atoms with Crippen molar-refractivity contribution >= 4 is 100 Å². The molecule has 1 saturated heterocycles. The Morgan fingerprint density at radius 2 is 0.963 bits per heavy atom. The maximum absolute atomic E-state index is 15.1. The summed E-state index contributed by atoms with van der Waals surface area (Å²) in [5, 5.41) is 46.2. The molecule has 1 fully saturated rings. The molecule has 716 valence electrons. The number of hydrogen-bond donors (Lipinski definition) is 5. The van der Waals surface area contributed by atoms with Crippen LogP contribution >= 0.6 is 0 Å². The lowest BCUT2D eigenvalue weighted by molar-refractivity contribution is -0.387. The number of benzene rings is 6. The molecule has 0 bridgehead atoms. The SMILES string of the molecule is C=CCOC(=O)N[C@H](C(=O)N[C@@H](C)C(=O)Nc1ccc(COC(=O)N2c3cc(OCCCCCOc4cc5c(cc4OC)C(=O)N4C=C(c6ccc(OC)cc6)C[C@H]4[C@H](O)N5C(=O)OCc4ccc(O[C@@H]5O[C@H](C(=O)OCC=C)[C@@H](OC(=O)OCC=C)[C@H](OC(=O)OCC=C)[C@H]5OC(=O)OCC=C)c([N+](=O)[O-])c4)c(OC)cc3C(=O)N3C=C(c4ccc(OC)cc4)C[C@H]3[C@@H]2O)cc1)C(C)C. The van der Waals surface area contributed by atoms with Gasteiger partial charge in [0, 0.05) is 36.3 Å². The van der Waals surface area contributed by atoms with E-state index >= 15 is 9.59 Å². The summed E-state index contributed by atoms with van der Waals surface area (Å²) in [6.45, 7) is 19.2. The minimum Gasteiger partial charge on any atom is -0.497 e. The summed E-state index contributed by atoms with van der Waals surface area (Å²) in [7, 11) is 5.70. The Bertz CT molecular complexity index is 5470. The fourth-order valence-electron chi connectivity index (χ4n) is 14.8. The van der Waals surface area contributed by atoms with Gasteiger partial charge >= 0.3 is 48.4 Å². The molecule has 5 heterocycles. The van der Waals surface area contributed by atoms with Crippen molar-refractivity contribution in [3.63, 3.8) is 0 Å². The van der Waals surface area contributed by atoms with Crippen LogP contribution in [0.25, 0.3) is 11.1 Å². The smallest absolute Gasteiger partial charge is 0.497 e. The van der Waals surface area contributed by atoms with Gasteiger partial charge in [-0.05, 0) is 133 Å². The van der Waals surface area contributed by atoms with Gasteiger partial charge in [-0.3, -0.25) is 29.3 Å². The maximum Gasteiger partial charge on any atom is 0.509 e. The Morgan fingerprint density at radius 3 is 1.42 bits per heavy atom. The first-order chi connectivity index (χ1) is 65.0. The van der Waals surface area contributed by atoms with Crippen LogP contribution in [-0.2, 0) is 79.7 Å². The Kier molecular flexibility index (Phi) is 34.7. The third kappa shape index (κ3) is 24.6. The van der Waals surface area contributed by atoms with Crippen molar-refractivity contribution in [2.75, 3.05) is 89.8 Å². The van der Waals surface area contributed by atoms with Crippen LogP contribution in [0.2, 0.25) is 0 Å². The van der Waals surface area contributed by atoms with Crippen molar-refractivity contribution in [3.05, 3.63) is 234 Å². The van der Waals surface area contributed by atoms with Crippen LogP contribution < -0.4 is 58.9 Å². The second-order valence-corrected chi connectivity index (χ2v) is 30.7. The number of nitrogens with one attached hydrogen (secondary N) is 3. The second-order valence-electron chi connectivity index (χ2n) is 30.7. The molecule has 0 saturated carbocycles. The van der Waals surface area contributed by atoms with Crippen LogP contribution in [0.15, 0.2) is 191 Å². The van der Waals surface area contributed by atoms with Gasteiger partial charge in [0.05, 0.1) is 81.2 Å². The van der Waals surface area contributed by atoms with Gasteiger partial charge in [-0.25, -0.2) is 43.4 Å². The zero-order valence-corrected chi connectivity index (χ0v) is 74.7. The minimum absolute atomic E-state index is 0.00611. The van der Waals surface area contributed by atoms with E-state index < -0.39 is 183 Å². The molecule has 41 heteroatoms. The molecule has 135 heavy (non-hydrogen) atoms. The van der Waals surface area contributed by atoms with Crippen molar-refractivity contribution in [2.24, 2.45) is 5.92 Å². The van der Waals surface area contributed by atoms with E-state index in [1.54, 1.807) is 99.0 Å². The molecule has 41 nitrogen and oxygen atoms in total. The minimum atomic E-state index is -2.26. The molecule has 0 unspecified atom stereocenters. The van der Waals surface area contributed by atoms with Crippen LogP contribution in [0.5, 0.6) is 40.2 Å². The highest BCUT2D eigenvalue weighted by molar-refractivity contribution is 6.09. The first kappa shape index (κ1) is 99.9. The molecule has 0 aliphatic carbocycles. The summed E-state index contributed by atoms with van der Waals surface area (Å²) in [6, 6.07) is 24.5. The standard InChI is InChI=1S/C94H102N8O33/c1-13-35-124-87(109)79-77(133-92(113)126-37-15-3)78(134-93(114)127-38-16-4)80(135-94(115)128-39-17-5)88(132-79)131-71-34-23-56(42-68(71)102(116)117)52-130-91(112)101-67-48-75(73(121-12)46-65(67)84(106)99-50-60(44-70(99)86(101)108)58-26-32-63(119-10)33-27-58)123-41-20-18-19-40-122-74-47-66-64(45-72(74)120-11)83(105)98-49-59(57-24-30-62(118-9)31-25-57)43-69(98)85(107)100(66)90(111)129-51-55-21-28-61(29-22-55)96-81(103)54(8)95-82(104)76(53(6)7)97-89(110)125-36-14-2/h13-17,21-34,42,45-50,53-54,69-70,76-80,85-86,88,107-108H,1-5,18-20,35-41,43-44,51-52H2,6-12H3,(H,95,104)(H,96,103)(H,97,110)/t54-,69-,70-,76-,77-,78-,79-,80+,85-,86-,88+/m0/s1. The third-order valence-corrected chi connectivity index (χ3v) is 21.5. The Labute approximate surface area is 774 Å². The number of rotatable bonds is 41. The van der Waals surface area contributed by atoms with Crippen LogP contribution in [0, 0.1) is 16.0 Å². The molecule has 11 atom stereocenters. The monoisotopic (exact) mass is 1870 g/mol. The quantitative estimate of drug-likeness (QED) is 0.00594.